The SMILES string of the molecule is CCOP(=O)(OCC)C(F)(F)c1cc(I)c(OCc2ccccc2)c(C=O)c1. The van der Waals surface area contributed by atoms with Crippen LogP contribution in [0.5, 0.6) is 5.75 Å². The Morgan fingerprint density at radius 3 is 2.25 bits per heavy atom. The van der Waals surface area contributed by atoms with Crippen molar-refractivity contribution >= 4 is 36.5 Å². The van der Waals surface area contributed by atoms with Crippen LogP contribution in [0, 0.1) is 3.57 Å². The highest BCUT2D eigenvalue weighted by Crippen LogP contribution is 2.67. The van der Waals surface area contributed by atoms with Gasteiger partial charge >= 0.3 is 13.3 Å². The first-order valence-electron chi connectivity index (χ1n) is 8.52. The molecule has 0 radical (unpaired) electrons. The zero-order chi connectivity index (χ0) is 20.8. The normalized spacial score (nSPS) is 12.0. The molecule has 0 amide bonds. The fraction of sp³-hybridized carbons (Fsp3) is 0.316. The first kappa shape index (κ1) is 22.9. The predicted octanol–water partition coefficient (Wildman–Crippen LogP) is 6.00. The molecule has 0 atom stereocenters. The fourth-order valence-corrected chi connectivity index (χ4v) is 4.78. The van der Waals surface area contributed by atoms with Crippen molar-refractivity contribution in [1.82, 2.24) is 0 Å². The molecule has 0 spiro atoms. The molecule has 9 heteroatoms. The molecule has 2 aromatic carbocycles. The Morgan fingerprint density at radius 1 is 1.11 bits per heavy atom. The average Bonchev–Trinajstić information content (AvgIpc) is 2.67. The molecule has 0 aliphatic rings. The van der Waals surface area contributed by atoms with Gasteiger partial charge in [0.25, 0.3) is 0 Å². The number of rotatable bonds is 10. The molecule has 0 bridgehead atoms. The van der Waals surface area contributed by atoms with Crippen molar-refractivity contribution in [2.45, 2.75) is 26.1 Å². The fourth-order valence-electron chi connectivity index (χ4n) is 2.46. The van der Waals surface area contributed by atoms with Crippen LogP contribution in [-0.2, 0) is 25.9 Å². The van der Waals surface area contributed by atoms with Crippen LogP contribution in [-0.4, -0.2) is 19.5 Å². The van der Waals surface area contributed by atoms with E-state index < -0.39 is 18.8 Å². The van der Waals surface area contributed by atoms with E-state index >= 15 is 0 Å². The van der Waals surface area contributed by atoms with Crippen molar-refractivity contribution in [3.05, 3.63) is 62.7 Å². The summed E-state index contributed by atoms with van der Waals surface area (Å²) in [4.78, 5) is 11.5. The molecule has 28 heavy (non-hydrogen) atoms. The number of carbonyl (C=O) groups is 1. The van der Waals surface area contributed by atoms with E-state index in [9.17, 15) is 18.1 Å². The van der Waals surface area contributed by atoms with Gasteiger partial charge in [0.05, 0.1) is 22.3 Å². The Bertz CT molecular complexity index is 851. The quantitative estimate of drug-likeness (QED) is 0.217. The lowest BCUT2D eigenvalue weighted by molar-refractivity contribution is 0.0359. The third kappa shape index (κ3) is 4.97. The van der Waals surface area contributed by atoms with Gasteiger partial charge in [0, 0.05) is 5.56 Å². The molecule has 2 rings (SSSR count). The topological polar surface area (TPSA) is 61.8 Å². The van der Waals surface area contributed by atoms with Gasteiger partial charge in [-0.2, -0.15) is 8.78 Å². The second kappa shape index (κ2) is 9.91. The number of hydrogen-bond acceptors (Lipinski definition) is 5. The Hall–Kier alpha value is -1.35. The number of ether oxygens (including phenoxy) is 1. The average molecular weight is 524 g/mol. The van der Waals surface area contributed by atoms with Crippen molar-refractivity contribution in [2.75, 3.05) is 13.2 Å². The van der Waals surface area contributed by atoms with Crippen LogP contribution in [0.3, 0.4) is 0 Å². The molecule has 0 heterocycles. The molecule has 0 aromatic heterocycles. The third-order valence-corrected chi connectivity index (χ3v) is 6.66. The number of aldehydes is 1. The molecule has 0 saturated heterocycles. The minimum absolute atomic E-state index is 0.0722. The lowest BCUT2D eigenvalue weighted by atomic mass is 10.1. The summed E-state index contributed by atoms with van der Waals surface area (Å²) in [7, 11) is -4.77. The largest absolute Gasteiger partial charge is 0.487 e. The van der Waals surface area contributed by atoms with Crippen LogP contribution in [0.2, 0.25) is 0 Å². The van der Waals surface area contributed by atoms with Crippen LogP contribution in [0.1, 0.15) is 35.3 Å². The third-order valence-electron chi connectivity index (χ3n) is 3.71. The summed E-state index contributed by atoms with van der Waals surface area (Å²) in [6.45, 7) is 2.65. The van der Waals surface area contributed by atoms with Crippen molar-refractivity contribution in [3.63, 3.8) is 0 Å². The molecule has 0 unspecified atom stereocenters. The van der Waals surface area contributed by atoms with E-state index in [2.05, 4.69) is 0 Å². The number of alkyl halides is 2. The van der Waals surface area contributed by atoms with Gasteiger partial charge < -0.3 is 13.8 Å². The standard InChI is InChI=1S/C19H20F2IO5P/c1-3-26-28(24,27-4-2)19(20,21)16-10-15(12-23)18(17(22)11-16)25-13-14-8-6-5-7-9-14/h5-12H,3-4,13H2,1-2H3. The molecule has 152 valence electrons. The maximum atomic E-state index is 15.0. The smallest absolute Gasteiger partial charge is 0.404 e. The second-order valence-corrected chi connectivity index (χ2v) is 8.88. The molecular weight excluding hydrogens is 504 g/mol. The maximum absolute atomic E-state index is 15.0. The molecule has 5 nitrogen and oxygen atoms in total. The highest BCUT2D eigenvalue weighted by atomic mass is 127. The Labute approximate surface area is 176 Å². The lowest BCUT2D eigenvalue weighted by Crippen LogP contribution is -2.19. The molecule has 2 aromatic rings. The van der Waals surface area contributed by atoms with Gasteiger partial charge in [0.15, 0.2) is 6.29 Å². The van der Waals surface area contributed by atoms with Crippen molar-refractivity contribution in [2.24, 2.45) is 0 Å². The van der Waals surface area contributed by atoms with Crippen molar-refractivity contribution < 1.29 is 31.9 Å². The molecule has 0 saturated carbocycles. The van der Waals surface area contributed by atoms with Crippen molar-refractivity contribution in [1.29, 1.82) is 0 Å². The second-order valence-electron chi connectivity index (χ2n) is 5.64. The zero-order valence-corrected chi connectivity index (χ0v) is 18.4. The predicted molar refractivity (Wildman–Crippen MR) is 110 cm³/mol. The van der Waals surface area contributed by atoms with Gasteiger partial charge in [0.1, 0.15) is 12.4 Å². The Kier molecular flexibility index (Phi) is 8.12. The summed E-state index contributed by atoms with van der Waals surface area (Å²) in [6, 6.07) is 11.3. The van der Waals surface area contributed by atoms with E-state index in [0.717, 1.165) is 17.7 Å². The number of benzene rings is 2. The first-order chi connectivity index (χ1) is 13.3. The van der Waals surface area contributed by atoms with E-state index in [-0.39, 0.29) is 34.7 Å². The summed E-state index contributed by atoms with van der Waals surface area (Å²) in [5, 5.41) is 0. The summed E-state index contributed by atoms with van der Waals surface area (Å²) in [6.07, 6.45) is 0.425. The van der Waals surface area contributed by atoms with Gasteiger partial charge in [-0.05, 0) is 54.1 Å². The van der Waals surface area contributed by atoms with Gasteiger partial charge in [-0.3, -0.25) is 9.36 Å². The summed E-state index contributed by atoms with van der Waals surface area (Å²) in [5.41, 5.74) is -3.76. The monoisotopic (exact) mass is 524 g/mol. The van der Waals surface area contributed by atoms with Crippen LogP contribution in [0.4, 0.5) is 8.78 Å². The van der Waals surface area contributed by atoms with Gasteiger partial charge in [0.2, 0.25) is 0 Å². The molecule has 0 fully saturated rings. The van der Waals surface area contributed by atoms with E-state index in [0.29, 0.717) is 6.29 Å². The lowest BCUT2D eigenvalue weighted by Gasteiger charge is -2.26. The minimum Gasteiger partial charge on any atom is -0.487 e. The van der Waals surface area contributed by atoms with Crippen LogP contribution in [0.15, 0.2) is 42.5 Å². The van der Waals surface area contributed by atoms with Gasteiger partial charge in [-0.15, -0.1) is 0 Å². The van der Waals surface area contributed by atoms with Crippen LogP contribution < -0.4 is 4.74 Å². The summed E-state index contributed by atoms with van der Waals surface area (Å²) < 4.78 is 58.2. The van der Waals surface area contributed by atoms with E-state index in [1.54, 1.807) is 22.6 Å². The maximum Gasteiger partial charge on any atom is 0.404 e. The molecule has 0 aliphatic heterocycles. The summed E-state index contributed by atoms with van der Waals surface area (Å²) in [5.74, 6) is 0.182. The van der Waals surface area contributed by atoms with Crippen molar-refractivity contribution in [3.8, 4) is 5.75 Å². The van der Waals surface area contributed by atoms with Gasteiger partial charge in [-0.1, -0.05) is 30.3 Å². The molecule has 0 N–H and O–H groups in total. The van der Waals surface area contributed by atoms with Gasteiger partial charge in [-0.25, -0.2) is 0 Å². The highest BCUT2D eigenvalue weighted by Gasteiger charge is 2.55. The minimum atomic E-state index is -4.77. The Morgan fingerprint density at radius 2 is 1.71 bits per heavy atom. The van der Waals surface area contributed by atoms with E-state index in [1.165, 1.54) is 13.8 Å². The number of hydrogen-bond donors (Lipinski definition) is 0. The summed E-state index contributed by atoms with van der Waals surface area (Å²) >= 11 is 1.80. The molecular formula is C19H20F2IO5P. The van der Waals surface area contributed by atoms with Crippen LogP contribution >= 0.6 is 30.2 Å². The van der Waals surface area contributed by atoms with Crippen LogP contribution in [0.25, 0.3) is 0 Å². The van der Waals surface area contributed by atoms with E-state index in [1.807, 2.05) is 30.3 Å². The highest BCUT2D eigenvalue weighted by molar-refractivity contribution is 14.1. The number of carbonyl (C=O) groups excluding carboxylic acids is 1. The zero-order valence-electron chi connectivity index (χ0n) is 15.4. The number of halogens is 3. The van der Waals surface area contributed by atoms with E-state index in [4.69, 9.17) is 13.8 Å². The Balaban J connectivity index is 2.40. The first-order valence-corrected chi connectivity index (χ1v) is 11.1. The molecule has 0 aliphatic carbocycles.